The van der Waals surface area contributed by atoms with Crippen molar-refractivity contribution in [3.63, 3.8) is 0 Å². The molecule has 0 spiro atoms. The quantitative estimate of drug-likeness (QED) is 0.563. The van der Waals surface area contributed by atoms with Crippen LogP contribution < -0.4 is 10.2 Å². The van der Waals surface area contributed by atoms with Crippen LogP contribution in [0.1, 0.15) is 17.5 Å². The molecule has 3 aromatic rings. The molecule has 4 rings (SSSR count). The molecule has 0 saturated heterocycles. The summed E-state index contributed by atoms with van der Waals surface area (Å²) < 4.78 is 38.8. The van der Waals surface area contributed by atoms with E-state index in [1.807, 2.05) is 0 Å². The predicted octanol–water partition coefficient (Wildman–Crippen LogP) is 5.25. The van der Waals surface area contributed by atoms with Crippen molar-refractivity contribution >= 4 is 46.3 Å². The molecule has 2 heterocycles. The second-order valence-corrected chi connectivity index (χ2v) is 7.63. The molecule has 1 aliphatic rings. The van der Waals surface area contributed by atoms with Crippen molar-refractivity contribution in [1.29, 1.82) is 0 Å². The Bertz CT molecular complexity index is 1240. The Morgan fingerprint density at radius 2 is 1.85 bits per heavy atom. The Hall–Kier alpha value is -3.72. The van der Waals surface area contributed by atoms with Crippen molar-refractivity contribution < 1.29 is 22.8 Å². The highest BCUT2D eigenvalue weighted by molar-refractivity contribution is 6.30. The lowest BCUT2D eigenvalue weighted by atomic mass is 10.1. The summed E-state index contributed by atoms with van der Waals surface area (Å²) in [4.78, 5) is 35.6. The van der Waals surface area contributed by atoms with Crippen molar-refractivity contribution in [2.75, 3.05) is 16.8 Å². The number of nitrogens with one attached hydrogen (secondary N) is 1. The fraction of sp³-hybridized carbons (Fsp3) is 0.130. The van der Waals surface area contributed by atoms with E-state index in [-0.39, 0.29) is 17.9 Å². The van der Waals surface area contributed by atoms with Crippen LogP contribution in [0.15, 0.2) is 71.9 Å². The SMILES string of the molecule is O=C(CN1C(=O)CC(c2ccc(Cl)cc2)=Nc2cccnc21)Nc1cccc(C(F)(F)F)c1. The number of pyridine rings is 1. The smallest absolute Gasteiger partial charge is 0.325 e. The van der Waals surface area contributed by atoms with Gasteiger partial charge in [-0.05, 0) is 48.0 Å². The van der Waals surface area contributed by atoms with Crippen LogP contribution in [0, 0.1) is 0 Å². The largest absolute Gasteiger partial charge is 0.416 e. The minimum atomic E-state index is -4.54. The summed E-state index contributed by atoms with van der Waals surface area (Å²) in [6.07, 6.45) is -3.18. The van der Waals surface area contributed by atoms with E-state index in [9.17, 15) is 22.8 Å². The first-order chi connectivity index (χ1) is 15.7. The monoisotopic (exact) mass is 472 g/mol. The van der Waals surface area contributed by atoms with E-state index in [1.54, 1.807) is 36.4 Å². The average molecular weight is 473 g/mol. The Morgan fingerprint density at radius 3 is 2.58 bits per heavy atom. The zero-order chi connectivity index (χ0) is 23.6. The van der Waals surface area contributed by atoms with E-state index >= 15 is 0 Å². The van der Waals surface area contributed by atoms with Crippen molar-refractivity contribution in [2.24, 2.45) is 4.99 Å². The molecular formula is C23H16ClF3N4O2. The zero-order valence-corrected chi connectivity index (χ0v) is 17.7. The molecule has 1 aliphatic heterocycles. The number of alkyl halides is 3. The molecule has 1 N–H and O–H groups in total. The molecule has 0 unspecified atom stereocenters. The number of benzene rings is 2. The molecule has 1 aromatic heterocycles. The van der Waals surface area contributed by atoms with Gasteiger partial charge in [-0.15, -0.1) is 0 Å². The van der Waals surface area contributed by atoms with Gasteiger partial charge >= 0.3 is 6.18 Å². The normalized spacial score (nSPS) is 13.8. The molecule has 33 heavy (non-hydrogen) atoms. The van der Waals surface area contributed by atoms with Gasteiger partial charge in [0.25, 0.3) is 0 Å². The third kappa shape index (κ3) is 5.20. The van der Waals surface area contributed by atoms with Crippen molar-refractivity contribution in [3.8, 4) is 0 Å². The summed E-state index contributed by atoms with van der Waals surface area (Å²) in [5.74, 6) is -0.916. The van der Waals surface area contributed by atoms with Crippen LogP contribution in [-0.2, 0) is 15.8 Å². The first-order valence-electron chi connectivity index (χ1n) is 9.77. The number of carbonyl (C=O) groups excluding carboxylic acids is 2. The van der Waals surface area contributed by atoms with Crippen LogP contribution in [0.4, 0.5) is 30.4 Å². The number of nitrogens with zero attached hydrogens (tertiary/aromatic N) is 3. The molecule has 2 amide bonds. The lowest BCUT2D eigenvalue weighted by Crippen LogP contribution is -2.39. The molecule has 0 bridgehead atoms. The maximum absolute atomic E-state index is 13.1. The van der Waals surface area contributed by atoms with Crippen LogP contribution in [0.2, 0.25) is 5.02 Å². The second-order valence-electron chi connectivity index (χ2n) is 7.19. The summed E-state index contributed by atoms with van der Waals surface area (Å²) >= 11 is 5.94. The maximum Gasteiger partial charge on any atom is 0.416 e. The minimum absolute atomic E-state index is 0.0311. The minimum Gasteiger partial charge on any atom is -0.325 e. The summed E-state index contributed by atoms with van der Waals surface area (Å²) in [5.41, 5.74) is 0.639. The number of hydrogen-bond acceptors (Lipinski definition) is 4. The third-order valence-corrected chi connectivity index (χ3v) is 5.10. The van der Waals surface area contributed by atoms with Gasteiger partial charge in [-0.3, -0.25) is 14.5 Å². The lowest BCUT2D eigenvalue weighted by Gasteiger charge is -2.20. The fourth-order valence-corrected chi connectivity index (χ4v) is 3.44. The number of fused-ring (bicyclic) bond motifs is 1. The van der Waals surface area contributed by atoms with Crippen LogP contribution in [0.5, 0.6) is 0 Å². The topological polar surface area (TPSA) is 74.7 Å². The van der Waals surface area contributed by atoms with E-state index < -0.39 is 30.1 Å². The Balaban J connectivity index is 1.58. The van der Waals surface area contributed by atoms with Crippen LogP contribution in [-0.4, -0.2) is 29.1 Å². The molecule has 0 fully saturated rings. The van der Waals surface area contributed by atoms with E-state index in [4.69, 9.17) is 11.6 Å². The molecule has 0 aliphatic carbocycles. The third-order valence-electron chi connectivity index (χ3n) is 4.85. The molecule has 168 valence electrons. The van der Waals surface area contributed by atoms with Gasteiger partial charge in [0.05, 0.1) is 17.7 Å². The second kappa shape index (κ2) is 9.03. The van der Waals surface area contributed by atoms with E-state index in [0.29, 0.717) is 22.0 Å². The summed E-state index contributed by atoms with van der Waals surface area (Å²) in [6, 6.07) is 14.4. The fourth-order valence-electron chi connectivity index (χ4n) is 3.31. The van der Waals surface area contributed by atoms with Gasteiger partial charge < -0.3 is 5.32 Å². The molecular weight excluding hydrogens is 457 g/mol. The number of carbonyl (C=O) groups is 2. The van der Waals surface area contributed by atoms with Gasteiger partial charge in [0.1, 0.15) is 12.2 Å². The van der Waals surface area contributed by atoms with Gasteiger partial charge in [-0.2, -0.15) is 13.2 Å². The van der Waals surface area contributed by atoms with E-state index in [0.717, 1.165) is 12.1 Å². The van der Waals surface area contributed by atoms with Gasteiger partial charge in [0.15, 0.2) is 5.82 Å². The number of amides is 2. The highest BCUT2D eigenvalue weighted by atomic mass is 35.5. The van der Waals surface area contributed by atoms with E-state index in [2.05, 4.69) is 15.3 Å². The molecule has 10 heteroatoms. The molecule has 0 atom stereocenters. The van der Waals surface area contributed by atoms with Gasteiger partial charge in [0, 0.05) is 16.9 Å². The number of anilines is 2. The standard InChI is InChI=1S/C23H16ClF3N4O2/c24-16-8-6-14(7-9-16)19-12-21(33)31(22-18(30-19)5-2-10-28-22)13-20(32)29-17-4-1-3-15(11-17)23(25,26)27/h1-11H,12-13H2,(H,29,32). The van der Waals surface area contributed by atoms with Crippen molar-refractivity contribution in [1.82, 2.24) is 4.98 Å². The zero-order valence-electron chi connectivity index (χ0n) is 16.9. The first kappa shape index (κ1) is 22.5. The Morgan fingerprint density at radius 1 is 1.09 bits per heavy atom. The molecule has 0 saturated carbocycles. The highest BCUT2D eigenvalue weighted by Crippen LogP contribution is 2.32. The van der Waals surface area contributed by atoms with Gasteiger partial charge in [-0.25, -0.2) is 9.98 Å². The maximum atomic E-state index is 13.1. The van der Waals surface area contributed by atoms with Gasteiger partial charge in [-0.1, -0.05) is 29.8 Å². The number of halogens is 4. The van der Waals surface area contributed by atoms with Crippen LogP contribution in [0.3, 0.4) is 0 Å². The first-order valence-corrected chi connectivity index (χ1v) is 10.1. The van der Waals surface area contributed by atoms with Gasteiger partial charge in [0.2, 0.25) is 11.8 Å². The average Bonchev–Trinajstić information content (AvgIpc) is 2.90. The van der Waals surface area contributed by atoms with E-state index in [1.165, 1.54) is 23.2 Å². The van der Waals surface area contributed by atoms with Crippen LogP contribution in [0.25, 0.3) is 0 Å². The molecule has 0 radical (unpaired) electrons. The van der Waals surface area contributed by atoms with Crippen molar-refractivity contribution in [3.05, 3.63) is 83.0 Å². The summed E-state index contributed by atoms with van der Waals surface area (Å²) in [5, 5.41) is 2.95. The number of rotatable bonds is 4. The van der Waals surface area contributed by atoms with Crippen molar-refractivity contribution in [2.45, 2.75) is 12.6 Å². The summed E-state index contributed by atoms with van der Waals surface area (Å²) in [6.45, 7) is -0.442. The number of aromatic nitrogens is 1. The lowest BCUT2D eigenvalue weighted by molar-refractivity contribution is -0.137. The molecule has 6 nitrogen and oxygen atoms in total. The number of hydrogen-bond donors (Lipinski definition) is 1. The predicted molar refractivity (Wildman–Crippen MR) is 119 cm³/mol. The number of aliphatic imine (C=N–C) groups is 1. The highest BCUT2D eigenvalue weighted by Gasteiger charge is 2.31. The van der Waals surface area contributed by atoms with Crippen LogP contribution >= 0.6 is 11.6 Å². The Labute approximate surface area is 191 Å². The summed E-state index contributed by atoms with van der Waals surface area (Å²) in [7, 11) is 0. The molecule has 2 aromatic carbocycles. The Kier molecular flexibility index (Phi) is 6.15.